The fraction of sp³-hybridized carbons (Fsp3) is 0.714. The Morgan fingerprint density at radius 3 is 2.50 bits per heavy atom. The molecule has 1 aliphatic heterocycles. The fourth-order valence-corrected chi connectivity index (χ4v) is 1.16. The van der Waals surface area contributed by atoms with Gasteiger partial charge >= 0.3 is 0 Å². The van der Waals surface area contributed by atoms with Crippen molar-refractivity contribution in [1.29, 1.82) is 0 Å². The topological polar surface area (TPSA) is 9.23 Å². The van der Waals surface area contributed by atoms with E-state index in [9.17, 15) is 0 Å². The summed E-state index contributed by atoms with van der Waals surface area (Å²) in [6.07, 6.45) is 1.59. The standard InChI is InChI=1S/C7H12O/c1-4-7-5(2)8-6(7)3/h6-7H,2,4H2,1,3H3. The average Bonchev–Trinajstić information content (AvgIpc) is 1.67. The average molecular weight is 112 g/mol. The number of hydrogen-bond acceptors (Lipinski definition) is 1. The van der Waals surface area contributed by atoms with Gasteiger partial charge in [-0.2, -0.15) is 0 Å². The van der Waals surface area contributed by atoms with Crippen molar-refractivity contribution in [2.45, 2.75) is 26.4 Å². The lowest BCUT2D eigenvalue weighted by Crippen LogP contribution is -2.33. The van der Waals surface area contributed by atoms with Crippen LogP contribution in [0.4, 0.5) is 0 Å². The highest BCUT2D eigenvalue weighted by Crippen LogP contribution is 2.32. The van der Waals surface area contributed by atoms with E-state index in [0.717, 1.165) is 5.76 Å². The Morgan fingerprint density at radius 2 is 2.38 bits per heavy atom. The molecular formula is C7H12O. The molecule has 1 saturated heterocycles. The molecular weight excluding hydrogens is 100 g/mol. The first kappa shape index (κ1) is 5.67. The van der Waals surface area contributed by atoms with Gasteiger partial charge in [0.25, 0.3) is 0 Å². The zero-order valence-electron chi connectivity index (χ0n) is 5.48. The summed E-state index contributed by atoms with van der Waals surface area (Å²) in [7, 11) is 0. The molecule has 0 spiro atoms. The SMILES string of the molecule is C=C1OC(C)C1CC. The predicted octanol–water partition coefficient (Wildman–Crippen LogP) is 1.95. The molecule has 0 bridgehead atoms. The third kappa shape index (κ3) is 0.623. The van der Waals surface area contributed by atoms with Crippen LogP contribution in [0.1, 0.15) is 20.3 Å². The summed E-state index contributed by atoms with van der Waals surface area (Å²) < 4.78 is 5.15. The summed E-state index contributed by atoms with van der Waals surface area (Å²) in [5.74, 6) is 1.61. The van der Waals surface area contributed by atoms with Crippen LogP contribution in [0.2, 0.25) is 0 Å². The first-order valence-electron chi connectivity index (χ1n) is 3.11. The molecule has 2 atom stereocenters. The molecule has 0 aliphatic carbocycles. The minimum absolute atomic E-state index is 0.424. The molecule has 0 aromatic rings. The van der Waals surface area contributed by atoms with Gasteiger partial charge in [0.15, 0.2) is 0 Å². The molecule has 1 nitrogen and oxygen atoms in total. The Bertz CT molecular complexity index is 107. The van der Waals surface area contributed by atoms with Crippen LogP contribution >= 0.6 is 0 Å². The molecule has 0 radical (unpaired) electrons. The molecule has 1 heteroatoms. The second-order valence-electron chi connectivity index (χ2n) is 2.30. The van der Waals surface area contributed by atoms with Crippen molar-refractivity contribution >= 4 is 0 Å². The minimum Gasteiger partial charge on any atom is -0.494 e. The van der Waals surface area contributed by atoms with Gasteiger partial charge in [0.1, 0.15) is 6.10 Å². The molecule has 8 heavy (non-hydrogen) atoms. The molecule has 46 valence electrons. The van der Waals surface area contributed by atoms with Crippen LogP contribution in [0.15, 0.2) is 12.3 Å². The van der Waals surface area contributed by atoms with Gasteiger partial charge in [0, 0.05) is 0 Å². The number of hydrogen-bond donors (Lipinski definition) is 0. The van der Waals surface area contributed by atoms with Crippen molar-refractivity contribution < 1.29 is 4.74 Å². The summed E-state index contributed by atoms with van der Waals surface area (Å²) in [4.78, 5) is 0. The van der Waals surface area contributed by atoms with E-state index >= 15 is 0 Å². The fourth-order valence-electron chi connectivity index (χ4n) is 1.16. The quantitative estimate of drug-likeness (QED) is 0.503. The third-order valence-corrected chi connectivity index (χ3v) is 1.76. The Kier molecular flexibility index (Phi) is 1.28. The zero-order chi connectivity index (χ0) is 6.15. The van der Waals surface area contributed by atoms with Gasteiger partial charge in [-0.15, -0.1) is 0 Å². The van der Waals surface area contributed by atoms with Crippen LogP contribution < -0.4 is 0 Å². The van der Waals surface area contributed by atoms with Crippen LogP contribution in [0.3, 0.4) is 0 Å². The molecule has 2 unspecified atom stereocenters. The van der Waals surface area contributed by atoms with E-state index in [-0.39, 0.29) is 0 Å². The molecule has 1 heterocycles. The maximum atomic E-state index is 5.15. The van der Waals surface area contributed by atoms with Crippen molar-refractivity contribution in [3.63, 3.8) is 0 Å². The molecule has 1 rings (SSSR count). The van der Waals surface area contributed by atoms with Gasteiger partial charge in [-0.25, -0.2) is 0 Å². The number of rotatable bonds is 1. The normalized spacial score (nSPS) is 36.0. The zero-order valence-corrected chi connectivity index (χ0v) is 5.48. The first-order valence-corrected chi connectivity index (χ1v) is 3.11. The Balaban J connectivity index is 2.40. The van der Waals surface area contributed by atoms with Crippen molar-refractivity contribution in [3.8, 4) is 0 Å². The lowest BCUT2D eigenvalue weighted by atomic mass is 9.93. The molecule has 0 aromatic carbocycles. The van der Waals surface area contributed by atoms with Gasteiger partial charge in [0.05, 0.1) is 11.7 Å². The maximum absolute atomic E-state index is 5.15. The molecule has 0 saturated carbocycles. The highest BCUT2D eigenvalue weighted by atomic mass is 16.5. The molecule has 0 N–H and O–H groups in total. The van der Waals surface area contributed by atoms with E-state index < -0.39 is 0 Å². The third-order valence-electron chi connectivity index (χ3n) is 1.76. The van der Waals surface area contributed by atoms with Gasteiger partial charge < -0.3 is 4.74 Å². The van der Waals surface area contributed by atoms with E-state index in [0.29, 0.717) is 12.0 Å². The van der Waals surface area contributed by atoms with E-state index in [1.54, 1.807) is 0 Å². The summed E-state index contributed by atoms with van der Waals surface area (Å²) in [6, 6.07) is 0. The smallest absolute Gasteiger partial charge is 0.105 e. The minimum atomic E-state index is 0.424. The van der Waals surface area contributed by atoms with Gasteiger partial charge in [-0.3, -0.25) is 0 Å². The molecule has 1 aliphatic rings. The second kappa shape index (κ2) is 1.81. The van der Waals surface area contributed by atoms with Crippen LogP contribution in [0.5, 0.6) is 0 Å². The highest BCUT2D eigenvalue weighted by Gasteiger charge is 2.30. The first-order chi connectivity index (χ1) is 3.75. The van der Waals surface area contributed by atoms with Crippen molar-refractivity contribution in [1.82, 2.24) is 0 Å². The van der Waals surface area contributed by atoms with Crippen LogP contribution in [-0.2, 0) is 4.74 Å². The van der Waals surface area contributed by atoms with Crippen molar-refractivity contribution in [2.75, 3.05) is 0 Å². The van der Waals surface area contributed by atoms with Crippen LogP contribution in [-0.4, -0.2) is 6.10 Å². The Labute approximate surface area is 50.3 Å². The summed E-state index contributed by atoms with van der Waals surface area (Å²) in [5.41, 5.74) is 0. The molecule has 1 fully saturated rings. The van der Waals surface area contributed by atoms with Crippen molar-refractivity contribution in [3.05, 3.63) is 12.3 Å². The van der Waals surface area contributed by atoms with E-state index in [1.807, 2.05) is 0 Å². The van der Waals surface area contributed by atoms with E-state index in [4.69, 9.17) is 4.74 Å². The molecule has 0 aromatic heterocycles. The van der Waals surface area contributed by atoms with E-state index in [2.05, 4.69) is 20.4 Å². The van der Waals surface area contributed by atoms with E-state index in [1.165, 1.54) is 6.42 Å². The van der Waals surface area contributed by atoms with Crippen molar-refractivity contribution in [2.24, 2.45) is 5.92 Å². The lowest BCUT2D eigenvalue weighted by Gasteiger charge is -2.36. The largest absolute Gasteiger partial charge is 0.494 e. The predicted molar refractivity (Wildman–Crippen MR) is 33.5 cm³/mol. The van der Waals surface area contributed by atoms with Crippen LogP contribution in [0.25, 0.3) is 0 Å². The Morgan fingerprint density at radius 1 is 1.75 bits per heavy atom. The molecule has 0 amide bonds. The van der Waals surface area contributed by atoms with Gasteiger partial charge in [-0.05, 0) is 13.3 Å². The Hall–Kier alpha value is -0.460. The maximum Gasteiger partial charge on any atom is 0.105 e. The van der Waals surface area contributed by atoms with Gasteiger partial charge in [0.2, 0.25) is 0 Å². The summed E-state index contributed by atoms with van der Waals surface area (Å²) >= 11 is 0. The second-order valence-corrected chi connectivity index (χ2v) is 2.30. The monoisotopic (exact) mass is 112 g/mol. The highest BCUT2D eigenvalue weighted by molar-refractivity contribution is 5.03. The number of ether oxygens (including phenoxy) is 1. The van der Waals surface area contributed by atoms with Crippen LogP contribution in [0, 0.1) is 5.92 Å². The van der Waals surface area contributed by atoms with Gasteiger partial charge in [-0.1, -0.05) is 13.5 Å². The summed E-state index contributed by atoms with van der Waals surface area (Å²) in [5, 5.41) is 0. The summed E-state index contributed by atoms with van der Waals surface area (Å²) in [6.45, 7) is 7.99. The lowest BCUT2D eigenvalue weighted by molar-refractivity contribution is -0.0303.